The Morgan fingerprint density at radius 1 is 0.846 bits per heavy atom. The van der Waals surface area contributed by atoms with Crippen molar-refractivity contribution < 1.29 is 44.1 Å². The molecule has 2 aromatic rings. The van der Waals surface area contributed by atoms with Crippen LogP contribution in [0.1, 0.15) is 38.7 Å². The maximum Gasteiger partial charge on any atom is 0.326 e. The number of rotatable bonds is 15. The first kappa shape index (κ1) is 30.8. The second kappa shape index (κ2) is 13.9. The molecular weight excluding hydrogens is 514 g/mol. The number of carboxylic acids is 3. The smallest absolute Gasteiger partial charge is 0.326 e. The highest BCUT2D eigenvalue weighted by atomic mass is 16.4. The number of benzene rings is 1. The first-order valence-electron chi connectivity index (χ1n) is 12.2. The molecule has 0 radical (unpaired) electrons. The summed E-state index contributed by atoms with van der Waals surface area (Å²) in [6.45, 7) is 3.48. The van der Waals surface area contributed by atoms with Crippen LogP contribution < -0.4 is 21.7 Å². The summed E-state index contributed by atoms with van der Waals surface area (Å²) in [5, 5.41) is 35.5. The van der Waals surface area contributed by atoms with E-state index in [9.17, 15) is 44.1 Å². The summed E-state index contributed by atoms with van der Waals surface area (Å²) in [6.07, 6.45) is 0.173. The number of carbonyl (C=O) groups excluding carboxylic acids is 3. The molecule has 14 heteroatoms. The lowest BCUT2D eigenvalue weighted by Gasteiger charge is -2.25. The van der Waals surface area contributed by atoms with Crippen molar-refractivity contribution in [1.82, 2.24) is 20.9 Å². The largest absolute Gasteiger partial charge is 0.481 e. The number of nitrogens with one attached hydrogen (secondary N) is 4. The van der Waals surface area contributed by atoms with Gasteiger partial charge in [0, 0.05) is 23.5 Å². The zero-order valence-corrected chi connectivity index (χ0v) is 21.5. The zero-order chi connectivity index (χ0) is 29.3. The van der Waals surface area contributed by atoms with Gasteiger partial charge >= 0.3 is 17.9 Å². The van der Waals surface area contributed by atoms with E-state index < -0.39 is 72.6 Å². The molecule has 212 valence electrons. The van der Waals surface area contributed by atoms with E-state index >= 15 is 0 Å². The molecule has 0 saturated heterocycles. The van der Waals surface area contributed by atoms with Crippen molar-refractivity contribution in [3.05, 3.63) is 36.0 Å². The van der Waals surface area contributed by atoms with Gasteiger partial charge in [0.05, 0.1) is 18.9 Å². The number of hydrogen-bond acceptors (Lipinski definition) is 7. The van der Waals surface area contributed by atoms with E-state index in [1.165, 1.54) is 0 Å². The van der Waals surface area contributed by atoms with Gasteiger partial charge in [0.1, 0.15) is 18.1 Å². The summed E-state index contributed by atoms with van der Waals surface area (Å²) in [4.78, 5) is 75.9. The van der Waals surface area contributed by atoms with Gasteiger partial charge in [-0.25, -0.2) is 4.79 Å². The third kappa shape index (κ3) is 8.81. The zero-order valence-electron chi connectivity index (χ0n) is 21.5. The molecule has 0 fully saturated rings. The minimum atomic E-state index is -1.77. The van der Waals surface area contributed by atoms with Gasteiger partial charge in [-0.05, 0) is 17.5 Å². The van der Waals surface area contributed by atoms with Gasteiger partial charge in [-0.1, -0.05) is 38.5 Å². The number of fused-ring (bicyclic) bond motifs is 1. The number of aromatic nitrogens is 1. The third-order valence-electron chi connectivity index (χ3n) is 6.30. The van der Waals surface area contributed by atoms with E-state index in [4.69, 9.17) is 5.73 Å². The molecule has 5 atom stereocenters. The molecule has 0 bridgehead atoms. The predicted molar refractivity (Wildman–Crippen MR) is 137 cm³/mol. The standard InChI is InChI=1S/C25H33N5O9/c1-3-12(2)21(26)24(37)29-17(10-20(33)34)22(35)28-16(9-19(31)32)23(36)30-18(25(38)39)8-13-11-27-15-7-5-4-6-14(13)15/h4-7,11-12,16-18,21,27H,3,8-10,26H2,1-2H3,(H,28,35)(H,29,37)(H,30,36)(H,31,32)(H,33,34)(H,38,39). The van der Waals surface area contributed by atoms with Crippen molar-refractivity contribution in [3.8, 4) is 0 Å². The van der Waals surface area contributed by atoms with Crippen molar-refractivity contribution in [3.63, 3.8) is 0 Å². The summed E-state index contributed by atoms with van der Waals surface area (Å²) in [6, 6.07) is 1.14. The first-order valence-corrected chi connectivity index (χ1v) is 12.2. The van der Waals surface area contributed by atoms with Crippen molar-refractivity contribution in [2.24, 2.45) is 11.7 Å². The number of carbonyl (C=O) groups is 6. The maximum absolute atomic E-state index is 12.9. The fourth-order valence-electron chi connectivity index (χ4n) is 3.81. The molecule has 0 saturated carbocycles. The van der Waals surface area contributed by atoms with Crippen LogP contribution in [0.2, 0.25) is 0 Å². The second-order valence-corrected chi connectivity index (χ2v) is 9.19. The van der Waals surface area contributed by atoms with Crippen LogP contribution >= 0.6 is 0 Å². The number of aliphatic carboxylic acids is 3. The molecule has 1 aromatic heterocycles. The fourth-order valence-corrected chi connectivity index (χ4v) is 3.81. The SMILES string of the molecule is CCC(C)C(N)C(=O)NC(CC(=O)O)C(=O)NC(CC(=O)O)C(=O)NC(Cc1c[nH]c2ccccc12)C(=O)O. The molecular formula is C25H33N5O9. The molecule has 0 aliphatic carbocycles. The van der Waals surface area contributed by atoms with E-state index in [0.717, 1.165) is 10.9 Å². The molecule has 0 spiro atoms. The van der Waals surface area contributed by atoms with Crippen LogP contribution in [0, 0.1) is 5.92 Å². The summed E-state index contributed by atoms with van der Waals surface area (Å²) in [7, 11) is 0. The van der Waals surface area contributed by atoms with E-state index in [2.05, 4.69) is 20.9 Å². The second-order valence-electron chi connectivity index (χ2n) is 9.19. The van der Waals surface area contributed by atoms with Gasteiger partial charge in [0.2, 0.25) is 17.7 Å². The molecule has 39 heavy (non-hydrogen) atoms. The Bertz CT molecular complexity index is 1230. The van der Waals surface area contributed by atoms with Gasteiger partial charge in [-0.2, -0.15) is 0 Å². The molecule has 9 N–H and O–H groups in total. The molecule has 0 aliphatic heterocycles. The summed E-state index contributed by atoms with van der Waals surface area (Å²) in [5.41, 5.74) is 7.18. The van der Waals surface area contributed by atoms with E-state index in [1.54, 1.807) is 44.3 Å². The normalized spacial score (nSPS) is 14.8. The average Bonchev–Trinajstić information content (AvgIpc) is 3.28. The number of H-pyrrole nitrogens is 1. The topological polar surface area (TPSA) is 241 Å². The van der Waals surface area contributed by atoms with Gasteiger partial charge in [0.15, 0.2) is 0 Å². The Labute approximate surface area is 223 Å². The summed E-state index contributed by atoms with van der Waals surface area (Å²) < 4.78 is 0. The van der Waals surface area contributed by atoms with Crippen LogP contribution in [0.5, 0.6) is 0 Å². The van der Waals surface area contributed by atoms with Crippen LogP contribution in [-0.4, -0.2) is 80.1 Å². The molecule has 1 aromatic carbocycles. The van der Waals surface area contributed by atoms with Crippen molar-refractivity contribution >= 4 is 46.5 Å². The van der Waals surface area contributed by atoms with E-state index in [0.29, 0.717) is 12.0 Å². The van der Waals surface area contributed by atoms with Gasteiger partial charge in [-0.3, -0.25) is 24.0 Å². The van der Waals surface area contributed by atoms with E-state index in [-0.39, 0.29) is 12.3 Å². The maximum atomic E-state index is 12.9. The number of amides is 3. The third-order valence-corrected chi connectivity index (χ3v) is 6.30. The molecule has 3 amide bonds. The average molecular weight is 548 g/mol. The summed E-state index contributed by atoms with van der Waals surface area (Å²) >= 11 is 0. The highest BCUT2D eigenvalue weighted by Crippen LogP contribution is 2.19. The van der Waals surface area contributed by atoms with Crippen molar-refractivity contribution in [2.45, 2.75) is 63.7 Å². The number of carboxylic acid groups (broad SMARTS) is 3. The number of para-hydroxylation sites is 1. The van der Waals surface area contributed by atoms with Gasteiger partial charge in [-0.15, -0.1) is 0 Å². The Hall–Kier alpha value is -4.46. The Morgan fingerprint density at radius 2 is 1.36 bits per heavy atom. The lowest BCUT2D eigenvalue weighted by molar-refractivity contribution is -0.145. The van der Waals surface area contributed by atoms with Crippen LogP contribution in [0.25, 0.3) is 10.9 Å². The highest BCUT2D eigenvalue weighted by Gasteiger charge is 2.33. The monoisotopic (exact) mass is 547 g/mol. The number of nitrogens with two attached hydrogens (primary N) is 1. The number of hydrogen-bond donors (Lipinski definition) is 8. The van der Waals surface area contributed by atoms with Crippen LogP contribution in [-0.2, 0) is 35.2 Å². The molecule has 5 unspecified atom stereocenters. The molecule has 0 aliphatic rings. The first-order chi connectivity index (χ1) is 18.3. The lowest BCUT2D eigenvalue weighted by atomic mass is 9.99. The highest BCUT2D eigenvalue weighted by molar-refractivity contribution is 5.97. The Balaban J connectivity index is 2.20. The number of aromatic amines is 1. The van der Waals surface area contributed by atoms with Crippen LogP contribution in [0.4, 0.5) is 0 Å². The molecule has 1 heterocycles. The van der Waals surface area contributed by atoms with Crippen LogP contribution in [0.3, 0.4) is 0 Å². The summed E-state index contributed by atoms with van der Waals surface area (Å²) in [5.74, 6) is -7.68. The lowest BCUT2D eigenvalue weighted by Crippen LogP contribution is -2.58. The quantitative estimate of drug-likeness (QED) is 0.143. The van der Waals surface area contributed by atoms with Gasteiger partial charge in [0.25, 0.3) is 0 Å². The van der Waals surface area contributed by atoms with Crippen molar-refractivity contribution in [1.29, 1.82) is 0 Å². The Kier molecular flexibility index (Phi) is 11.0. The van der Waals surface area contributed by atoms with Gasteiger partial charge < -0.3 is 42.0 Å². The minimum absolute atomic E-state index is 0.149. The van der Waals surface area contributed by atoms with Crippen molar-refractivity contribution in [2.75, 3.05) is 0 Å². The molecule has 14 nitrogen and oxygen atoms in total. The molecule has 2 rings (SSSR count). The van der Waals surface area contributed by atoms with E-state index in [1.807, 2.05) is 0 Å². The van der Waals surface area contributed by atoms with Crippen LogP contribution in [0.15, 0.2) is 30.5 Å². The minimum Gasteiger partial charge on any atom is -0.481 e. The predicted octanol–water partition coefficient (Wildman–Crippen LogP) is -0.428. The Morgan fingerprint density at radius 3 is 1.87 bits per heavy atom. The fraction of sp³-hybridized carbons (Fsp3) is 0.440.